The van der Waals surface area contributed by atoms with Gasteiger partial charge in [0.05, 0.1) is 27.9 Å². The normalized spacial score (nSPS) is 15.4. The van der Waals surface area contributed by atoms with Gasteiger partial charge in [-0.1, -0.05) is 49.1 Å². The van der Waals surface area contributed by atoms with Crippen LogP contribution in [0.25, 0.3) is 6.08 Å². The molecule has 0 aromatic heterocycles. The summed E-state index contributed by atoms with van der Waals surface area (Å²) < 4.78 is 12.8. The zero-order valence-electron chi connectivity index (χ0n) is 15.8. The highest BCUT2D eigenvalue weighted by molar-refractivity contribution is 14.1. The highest BCUT2D eigenvalue weighted by Crippen LogP contribution is 2.39. The second-order valence-corrected chi connectivity index (χ2v) is 9.02. The van der Waals surface area contributed by atoms with Gasteiger partial charge in [-0.3, -0.25) is 9.69 Å². The molecule has 0 N–H and O–H groups in total. The average Bonchev–Trinajstić information content (AvgIpc) is 2.94. The molecule has 0 spiro atoms. The van der Waals surface area contributed by atoms with Crippen LogP contribution in [-0.2, 0) is 4.79 Å². The van der Waals surface area contributed by atoms with E-state index in [0.29, 0.717) is 21.6 Å². The van der Waals surface area contributed by atoms with Gasteiger partial charge in [-0.15, -0.1) is 0 Å². The van der Waals surface area contributed by atoms with Crippen LogP contribution in [0.4, 0.5) is 5.69 Å². The van der Waals surface area contributed by atoms with Gasteiger partial charge in [0, 0.05) is 0 Å². The van der Waals surface area contributed by atoms with Gasteiger partial charge in [-0.25, -0.2) is 0 Å². The number of anilines is 1. The van der Waals surface area contributed by atoms with E-state index < -0.39 is 0 Å². The molecule has 4 nitrogen and oxygen atoms in total. The Morgan fingerprint density at radius 3 is 2.71 bits per heavy atom. The molecule has 0 bridgehead atoms. The van der Waals surface area contributed by atoms with Crippen LogP contribution in [0.1, 0.15) is 24.5 Å². The number of thioether (sulfide) groups is 1. The number of rotatable bonds is 6. The molecular weight excluding hydrogens is 505 g/mol. The number of amides is 1. The summed E-state index contributed by atoms with van der Waals surface area (Å²) in [5.41, 5.74) is 2.70. The minimum Gasteiger partial charge on any atom is -0.493 e. The van der Waals surface area contributed by atoms with Gasteiger partial charge in [-0.05, 0) is 71.3 Å². The molecule has 28 heavy (non-hydrogen) atoms. The third-order valence-corrected chi connectivity index (χ3v) is 6.25. The first-order valence-electron chi connectivity index (χ1n) is 8.80. The molecule has 1 amide bonds. The molecule has 146 valence electrons. The van der Waals surface area contributed by atoms with Gasteiger partial charge >= 0.3 is 0 Å². The first-order valence-corrected chi connectivity index (χ1v) is 11.1. The van der Waals surface area contributed by atoms with Gasteiger partial charge in [0.15, 0.2) is 15.8 Å². The van der Waals surface area contributed by atoms with Crippen LogP contribution < -0.4 is 14.4 Å². The van der Waals surface area contributed by atoms with E-state index in [4.69, 9.17) is 21.7 Å². The maximum absolute atomic E-state index is 13.0. The molecule has 1 heterocycles. The van der Waals surface area contributed by atoms with Crippen LogP contribution in [0.5, 0.6) is 11.5 Å². The summed E-state index contributed by atoms with van der Waals surface area (Å²) in [6.07, 6.45) is 2.77. The van der Waals surface area contributed by atoms with Crippen LogP contribution in [0.15, 0.2) is 41.3 Å². The third kappa shape index (κ3) is 4.36. The number of methoxy groups -OCH3 is 1. The van der Waals surface area contributed by atoms with E-state index in [1.165, 1.54) is 11.8 Å². The molecule has 0 radical (unpaired) electrons. The number of aryl methyl sites for hydroxylation is 1. The summed E-state index contributed by atoms with van der Waals surface area (Å²) in [5.74, 6) is 1.28. The van der Waals surface area contributed by atoms with E-state index in [1.807, 2.05) is 49.4 Å². The zero-order chi connectivity index (χ0) is 20.3. The molecule has 7 heteroatoms. The fourth-order valence-corrected chi connectivity index (χ4v) is 4.87. The van der Waals surface area contributed by atoms with Crippen molar-refractivity contribution in [3.8, 4) is 11.5 Å². The monoisotopic (exact) mass is 525 g/mol. The van der Waals surface area contributed by atoms with Crippen molar-refractivity contribution in [3.63, 3.8) is 0 Å². The topological polar surface area (TPSA) is 38.8 Å². The Balaban J connectivity index is 1.94. The first kappa shape index (κ1) is 21.1. The van der Waals surface area contributed by atoms with Gasteiger partial charge in [0.2, 0.25) is 0 Å². The lowest BCUT2D eigenvalue weighted by Crippen LogP contribution is -2.28. The summed E-state index contributed by atoms with van der Waals surface area (Å²) in [6, 6.07) is 11.6. The standard InChI is InChI=1S/C21H20INO3S2/c1-4-9-26-19-15(22)10-14(11-17(19)25-3)12-18-20(24)23(21(27)28-18)16-8-6-5-7-13(16)2/h5-8,10-12H,4,9H2,1-3H3/b18-12-. The molecule has 1 aliphatic heterocycles. The summed E-state index contributed by atoms with van der Waals surface area (Å²) in [4.78, 5) is 15.2. The summed E-state index contributed by atoms with van der Waals surface area (Å²) in [6.45, 7) is 4.66. The Morgan fingerprint density at radius 2 is 2.04 bits per heavy atom. The van der Waals surface area contributed by atoms with Crippen molar-refractivity contribution in [1.82, 2.24) is 0 Å². The molecule has 1 saturated heterocycles. The fourth-order valence-electron chi connectivity index (χ4n) is 2.81. The lowest BCUT2D eigenvalue weighted by molar-refractivity contribution is -0.113. The number of hydrogen-bond acceptors (Lipinski definition) is 5. The van der Waals surface area contributed by atoms with Crippen molar-refractivity contribution in [2.24, 2.45) is 0 Å². The van der Waals surface area contributed by atoms with E-state index in [-0.39, 0.29) is 5.91 Å². The first-order chi connectivity index (χ1) is 13.5. The minimum atomic E-state index is -0.107. The molecule has 0 aliphatic carbocycles. The van der Waals surface area contributed by atoms with Crippen molar-refractivity contribution in [2.75, 3.05) is 18.6 Å². The summed E-state index contributed by atoms with van der Waals surface area (Å²) in [7, 11) is 1.62. The number of ether oxygens (including phenoxy) is 2. The summed E-state index contributed by atoms with van der Waals surface area (Å²) >= 11 is 9.01. The van der Waals surface area contributed by atoms with Crippen molar-refractivity contribution in [2.45, 2.75) is 20.3 Å². The minimum absolute atomic E-state index is 0.107. The van der Waals surface area contributed by atoms with Crippen LogP contribution in [0, 0.1) is 10.5 Å². The van der Waals surface area contributed by atoms with Gasteiger partial charge in [0.1, 0.15) is 0 Å². The molecule has 2 aromatic carbocycles. The molecule has 0 atom stereocenters. The Bertz CT molecular complexity index is 959. The predicted octanol–water partition coefficient (Wildman–Crippen LogP) is 5.80. The lowest BCUT2D eigenvalue weighted by atomic mass is 10.1. The third-order valence-electron chi connectivity index (χ3n) is 4.15. The molecule has 0 unspecified atom stereocenters. The van der Waals surface area contributed by atoms with Crippen molar-refractivity contribution in [3.05, 3.63) is 56.0 Å². The van der Waals surface area contributed by atoms with Crippen molar-refractivity contribution >= 4 is 68.6 Å². The highest BCUT2D eigenvalue weighted by Gasteiger charge is 2.34. The second-order valence-electron chi connectivity index (χ2n) is 6.19. The SMILES string of the molecule is CCCOc1c(I)cc(/C=C2\SC(=S)N(c3ccccc3C)C2=O)cc1OC. The van der Waals surface area contributed by atoms with Crippen LogP contribution in [-0.4, -0.2) is 23.9 Å². The Hall–Kier alpha value is -1.58. The molecule has 0 saturated carbocycles. The molecule has 1 aliphatic rings. The second kappa shape index (κ2) is 9.28. The lowest BCUT2D eigenvalue weighted by Gasteiger charge is -2.16. The van der Waals surface area contributed by atoms with Crippen molar-refractivity contribution in [1.29, 1.82) is 0 Å². The predicted molar refractivity (Wildman–Crippen MR) is 128 cm³/mol. The number of para-hydroxylation sites is 1. The van der Waals surface area contributed by atoms with Crippen LogP contribution in [0.2, 0.25) is 0 Å². The van der Waals surface area contributed by atoms with E-state index >= 15 is 0 Å². The number of thiocarbonyl (C=S) groups is 1. The number of hydrogen-bond donors (Lipinski definition) is 0. The summed E-state index contributed by atoms with van der Waals surface area (Å²) in [5, 5.41) is 0. The Kier molecular flexibility index (Phi) is 7.00. The number of benzene rings is 2. The van der Waals surface area contributed by atoms with Gasteiger partial charge in [0.25, 0.3) is 5.91 Å². The number of carbonyl (C=O) groups is 1. The Morgan fingerprint density at radius 1 is 1.29 bits per heavy atom. The molecular formula is C21H20INO3S2. The van der Waals surface area contributed by atoms with E-state index in [2.05, 4.69) is 29.5 Å². The quantitative estimate of drug-likeness (QED) is 0.271. The zero-order valence-corrected chi connectivity index (χ0v) is 19.6. The average molecular weight is 525 g/mol. The smallest absolute Gasteiger partial charge is 0.270 e. The molecule has 3 rings (SSSR count). The number of halogens is 1. The van der Waals surface area contributed by atoms with Crippen LogP contribution >= 0.6 is 46.6 Å². The fraction of sp³-hybridized carbons (Fsp3) is 0.238. The Labute approximate surface area is 188 Å². The van der Waals surface area contributed by atoms with Crippen LogP contribution in [0.3, 0.4) is 0 Å². The van der Waals surface area contributed by atoms with Gasteiger partial charge in [-0.2, -0.15) is 0 Å². The van der Waals surface area contributed by atoms with Gasteiger partial charge < -0.3 is 9.47 Å². The largest absolute Gasteiger partial charge is 0.493 e. The number of nitrogens with zero attached hydrogens (tertiary/aromatic N) is 1. The molecule has 2 aromatic rings. The van der Waals surface area contributed by atoms with E-state index in [9.17, 15) is 4.79 Å². The highest BCUT2D eigenvalue weighted by atomic mass is 127. The van der Waals surface area contributed by atoms with E-state index in [1.54, 1.807) is 12.0 Å². The molecule has 1 fully saturated rings. The van der Waals surface area contributed by atoms with Crippen molar-refractivity contribution < 1.29 is 14.3 Å². The maximum atomic E-state index is 13.0. The van der Waals surface area contributed by atoms with E-state index in [0.717, 1.165) is 32.6 Å². The number of carbonyl (C=O) groups excluding carboxylic acids is 1. The maximum Gasteiger partial charge on any atom is 0.270 e.